The van der Waals surface area contributed by atoms with E-state index in [2.05, 4.69) is 19.5 Å². The highest BCUT2D eigenvalue weighted by atomic mass is 19.2. The molecule has 22 heteroatoms. The zero-order chi connectivity index (χ0) is 49.7. The molecular formula is C44H59F5N2O15. The summed E-state index contributed by atoms with van der Waals surface area (Å²) in [5.41, 5.74) is 4.09. The van der Waals surface area contributed by atoms with Gasteiger partial charge in [-0.1, -0.05) is 38.1 Å². The van der Waals surface area contributed by atoms with Crippen LogP contribution in [0.1, 0.15) is 51.7 Å². The van der Waals surface area contributed by atoms with E-state index in [1.807, 2.05) is 26.0 Å². The summed E-state index contributed by atoms with van der Waals surface area (Å²) in [6.07, 6.45) is 0.917. The number of hydrogen-bond donors (Lipinski definition) is 6. The van der Waals surface area contributed by atoms with Crippen molar-refractivity contribution in [3.8, 4) is 17.2 Å². The van der Waals surface area contributed by atoms with Gasteiger partial charge in [-0.05, 0) is 81.5 Å². The Morgan fingerprint density at radius 3 is 1.41 bits per heavy atom. The van der Waals surface area contributed by atoms with Gasteiger partial charge in [-0.3, -0.25) is 9.59 Å². The first kappa shape index (κ1) is 58.2. The Kier molecular flexibility index (Phi) is 27.5. The van der Waals surface area contributed by atoms with E-state index in [0.29, 0.717) is 38.5 Å². The molecule has 0 aliphatic heterocycles. The van der Waals surface area contributed by atoms with E-state index in [0.717, 1.165) is 31.7 Å². The Labute approximate surface area is 378 Å². The zero-order valence-electron chi connectivity index (χ0n) is 37.2. The van der Waals surface area contributed by atoms with Gasteiger partial charge in [0.25, 0.3) is 0 Å². The van der Waals surface area contributed by atoms with Crippen molar-refractivity contribution in [2.75, 3.05) is 79.2 Å². The van der Waals surface area contributed by atoms with E-state index in [9.17, 15) is 56.4 Å². The van der Waals surface area contributed by atoms with Gasteiger partial charge in [0.1, 0.15) is 48.8 Å². The first-order valence-corrected chi connectivity index (χ1v) is 20.6. The lowest BCUT2D eigenvalue weighted by molar-refractivity contribution is -0.151. The average Bonchev–Trinajstić information content (AvgIpc) is 3.31. The summed E-state index contributed by atoms with van der Waals surface area (Å²) in [4.78, 5) is 47.5. The SMILES string of the molecule is CCCOCCOC(=O)OCC(C)(CO)C(=O)NCCc1ccc(O)cc1.CCCOCCOC(=O)OCC(C)(CO)C(=O)Oc1c(F)c(F)c(F)c(F)c1F.NCCc1ccc(O)cc1. The molecule has 0 bridgehead atoms. The van der Waals surface area contributed by atoms with E-state index in [4.69, 9.17) is 29.8 Å². The van der Waals surface area contributed by atoms with Crippen LogP contribution in [0.5, 0.6) is 17.2 Å². The lowest BCUT2D eigenvalue weighted by Gasteiger charge is -2.25. The molecule has 3 aromatic rings. The van der Waals surface area contributed by atoms with Crippen LogP contribution in [0, 0.1) is 39.9 Å². The second-order valence-corrected chi connectivity index (χ2v) is 14.6. The third kappa shape index (κ3) is 21.0. The van der Waals surface area contributed by atoms with E-state index in [-0.39, 0.29) is 38.8 Å². The molecule has 7 N–H and O–H groups in total. The molecule has 0 aliphatic carbocycles. The van der Waals surface area contributed by atoms with Crippen molar-refractivity contribution < 1.29 is 94.7 Å². The number of aliphatic hydroxyl groups is 2. The predicted octanol–water partition coefficient (Wildman–Crippen LogP) is 5.39. The number of benzene rings is 3. The van der Waals surface area contributed by atoms with Crippen LogP contribution in [0.4, 0.5) is 31.5 Å². The molecule has 0 radical (unpaired) electrons. The predicted molar refractivity (Wildman–Crippen MR) is 225 cm³/mol. The third-order valence-electron chi connectivity index (χ3n) is 8.72. The third-order valence-corrected chi connectivity index (χ3v) is 8.72. The summed E-state index contributed by atoms with van der Waals surface area (Å²) in [7, 11) is 0. The number of rotatable bonds is 24. The Bertz CT molecular complexity index is 1900. The van der Waals surface area contributed by atoms with Crippen molar-refractivity contribution in [3.05, 3.63) is 88.7 Å². The van der Waals surface area contributed by atoms with Crippen LogP contribution in [-0.2, 0) is 50.9 Å². The molecule has 0 aliphatic rings. The molecule has 0 saturated carbocycles. The molecule has 3 rings (SSSR count). The Balaban J connectivity index is 0.000000546. The minimum atomic E-state index is -2.43. The van der Waals surface area contributed by atoms with Gasteiger partial charge in [0.2, 0.25) is 40.7 Å². The van der Waals surface area contributed by atoms with Gasteiger partial charge in [-0.2, -0.15) is 8.78 Å². The van der Waals surface area contributed by atoms with Crippen molar-refractivity contribution in [1.29, 1.82) is 0 Å². The summed E-state index contributed by atoms with van der Waals surface area (Å²) in [5.74, 6) is -15.2. The van der Waals surface area contributed by atoms with Crippen molar-refractivity contribution >= 4 is 24.2 Å². The zero-order valence-corrected chi connectivity index (χ0v) is 37.2. The Hall–Kier alpha value is -5.81. The molecular weight excluding hydrogens is 891 g/mol. The number of amides is 1. The van der Waals surface area contributed by atoms with Crippen LogP contribution >= 0.6 is 0 Å². The smallest absolute Gasteiger partial charge is 0.508 e. The van der Waals surface area contributed by atoms with E-state index >= 15 is 0 Å². The number of carbonyl (C=O) groups is 4. The molecule has 0 aromatic heterocycles. The summed E-state index contributed by atoms with van der Waals surface area (Å²) >= 11 is 0. The molecule has 2 unspecified atom stereocenters. The number of ether oxygens (including phenoxy) is 7. The molecule has 0 heterocycles. The first-order valence-electron chi connectivity index (χ1n) is 20.6. The minimum Gasteiger partial charge on any atom is -0.508 e. The molecule has 0 saturated heterocycles. The van der Waals surface area contributed by atoms with Crippen LogP contribution in [0.3, 0.4) is 0 Å². The molecule has 0 fully saturated rings. The van der Waals surface area contributed by atoms with Crippen LogP contribution in [-0.4, -0.2) is 124 Å². The molecule has 1 amide bonds. The summed E-state index contributed by atoms with van der Waals surface area (Å²) in [6, 6.07) is 13.8. The van der Waals surface area contributed by atoms with Gasteiger partial charge >= 0.3 is 18.3 Å². The van der Waals surface area contributed by atoms with Crippen molar-refractivity contribution in [2.45, 2.75) is 53.4 Å². The average molecular weight is 951 g/mol. The fourth-order valence-electron chi connectivity index (χ4n) is 4.65. The van der Waals surface area contributed by atoms with Crippen molar-refractivity contribution in [1.82, 2.24) is 5.32 Å². The monoisotopic (exact) mass is 950 g/mol. The van der Waals surface area contributed by atoms with Crippen LogP contribution in [0.2, 0.25) is 0 Å². The fourth-order valence-corrected chi connectivity index (χ4v) is 4.65. The molecule has 66 heavy (non-hydrogen) atoms. The number of aromatic hydroxyl groups is 2. The van der Waals surface area contributed by atoms with Gasteiger partial charge in [-0.25, -0.2) is 22.8 Å². The van der Waals surface area contributed by atoms with Crippen molar-refractivity contribution in [3.63, 3.8) is 0 Å². The summed E-state index contributed by atoms with van der Waals surface area (Å²) in [6.45, 7) is 5.92. The minimum absolute atomic E-state index is 0.0630. The second kappa shape index (κ2) is 31.2. The highest BCUT2D eigenvalue weighted by molar-refractivity contribution is 5.83. The number of phenolic OH excluding ortho intramolecular Hbond substituents is 2. The van der Waals surface area contributed by atoms with Gasteiger partial charge in [-0.15, -0.1) is 0 Å². The van der Waals surface area contributed by atoms with E-state index in [1.54, 1.807) is 36.4 Å². The van der Waals surface area contributed by atoms with E-state index < -0.39 is 89.7 Å². The highest BCUT2D eigenvalue weighted by Crippen LogP contribution is 2.31. The van der Waals surface area contributed by atoms with Crippen LogP contribution in [0.25, 0.3) is 0 Å². The number of aliphatic hydroxyl groups excluding tert-OH is 2. The number of nitrogens with two attached hydrogens (primary N) is 1. The number of hydrogen-bond acceptors (Lipinski definition) is 16. The fraction of sp³-hybridized carbons (Fsp3) is 0.500. The molecule has 0 spiro atoms. The lowest BCUT2D eigenvalue weighted by Crippen LogP contribution is -2.45. The highest BCUT2D eigenvalue weighted by Gasteiger charge is 2.39. The van der Waals surface area contributed by atoms with Gasteiger partial charge in [0, 0.05) is 19.8 Å². The standard InChI is InChI=1S/C19H29NO7.C17H19F5O7.C8H11NO/c1-3-10-25-11-12-26-18(24)27-14-19(2,13-21)17(23)20-9-8-15-4-6-16(22)7-5-15;1-3-4-26-5-6-27-16(25)28-8-17(2,7-23)15(24)29-14-12(21)10(19)9(18)11(20)13(14)22;9-6-5-7-1-3-8(10)4-2-7/h4-7,21-22H,3,8-14H2,1-2H3,(H,20,23);23H,3-8H2,1-2H3;1-4,10H,5-6,9H2. The van der Waals surface area contributed by atoms with Crippen LogP contribution in [0.15, 0.2) is 48.5 Å². The second-order valence-electron chi connectivity index (χ2n) is 14.6. The maximum Gasteiger partial charge on any atom is 0.508 e. The molecule has 2 atom stereocenters. The number of carbonyl (C=O) groups excluding carboxylic acids is 4. The molecule has 370 valence electrons. The van der Waals surface area contributed by atoms with Gasteiger partial charge in [0.05, 0.1) is 26.4 Å². The maximum absolute atomic E-state index is 13.6. The molecule has 17 nitrogen and oxygen atoms in total. The lowest BCUT2D eigenvalue weighted by atomic mass is 9.91. The largest absolute Gasteiger partial charge is 0.508 e. The number of esters is 1. The van der Waals surface area contributed by atoms with E-state index in [1.165, 1.54) is 12.5 Å². The molecule has 3 aromatic carbocycles. The summed E-state index contributed by atoms with van der Waals surface area (Å²) in [5, 5.41) is 39.8. The summed E-state index contributed by atoms with van der Waals surface area (Å²) < 4.78 is 100. The van der Waals surface area contributed by atoms with Crippen LogP contribution < -0.4 is 15.8 Å². The number of halogens is 5. The topological polar surface area (TPSA) is 252 Å². The van der Waals surface area contributed by atoms with Gasteiger partial charge in [0.15, 0.2) is 0 Å². The number of nitrogens with one attached hydrogen (secondary N) is 1. The Morgan fingerprint density at radius 1 is 0.591 bits per heavy atom. The number of phenols is 2. The van der Waals surface area contributed by atoms with Crippen molar-refractivity contribution in [2.24, 2.45) is 16.6 Å². The quantitative estimate of drug-likeness (QED) is 0.0164. The first-order chi connectivity index (χ1) is 31.3. The maximum atomic E-state index is 13.6. The normalized spacial score (nSPS) is 12.4. The Morgan fingerprint density at radius 2 is 1.00 bits per heavy atom. The van der Waals surface area contributed by atoms with Gasteiger partial charge < -0.3 is 64.6 Å².